The summed E-state index contributed by atoms with van der Waals surface area (Å²) in [6.45, 7) is 1.47. The van der Waals surface area contributed by atoms with Gasteiger partial charge in [-0.3, -0.25) is 0 Å². The zero-order valence-electron chi connectivity index (χ0n) is 8.38. The van der Waals surface area contributed by atoms with Gasteiger partial charge in [-0.25, -0.2) is 4.79 Å². The van der Waals surface area contributed by atoms with Crippen LogP contribution in [0.4, 0.5) is 13.2 Å². The summed E-state index contributed by atoms with van der Waals surface area (Å²) >= 11 is 0. The summed E-state index contributed by atoms with van der Waals surface area (Å²) in [5.41, 5.74) is 0.567. The molecule has 0 fully saturated rings. The highest BCUT2D eigenvalue weighted by Crippen LogP contribution is 2.21. The van der Waals surface area contributed by atoms with Gasteiger partial charge in [0.05, 0.1) is 5.56 Å². The normalized spacial score (nSPS) is 12.0. The van der Waals surface area contributed by atoms with Crippen molar-refractivity contribution in [1.82, 2.24) is 0 Å². The molecule has 0 amide bonds. The van der Waals surface area contributed by atoms with Crippen molar-refractivity contribution in [2.24, 2.45) is 0 Å². The molecule has 0 saturated heterocycles. The Hall–Kier alpha value is -1.78. The van der Waals surface area contributed by atoms with Crippen LogP contribution in [0.2, 0.25) is 0 Å². The third-order valence-corrected chi connectivity index (χ3v) is 2.06. The summed E-state index contributed by atoms with van der Waals surface area (Å²) in [6, 6.07) is 4.19. The van der Waals surface area contributed by atoms with Crippen molar-refractivity contribution >= 4 is 12.0 Å². The Morgan fingerprint density at radius 2 is 2.00 bits per heavy atom. The second kappa shape index (κ2) is 4.38. The van der Waals surface area contributed by atoms with E-state index in [0.29, 0.717) is 5.56 Å². The first-order valence-electron chi connectivity index (χ1n) is 4.40. The van der Waals surface area contributed by atoms with Crippen LogP contribution in [0, 0.1) is 6.92 Å². The third kappa shape index (κ3) is 3.12. The van der Waals surface area contributed by atoms with Gasteiger partial charge in [0.15, 0.2) is 0 Å². The summed E-state index contributed by atoms with van der Waals surface area (Å²) < 4.78 is 35.8. The SMILES string of the molecule is Cc1c(C=CC(F)(F)F)cccc1C(=O)O. The standard InChI is InChI=1S/C11H9F3O2/c1-7-8(5-6-11(12,13)14)3-2-4-9(7)10(15)16/h2-6H,1H3,(H,15,16). The molecule has 2 nitrogen and oxygen atoms in total. The predicted octanol–water partition coefficient (Wildman–Crippen LogP) is 3.27. The number of carbonyl (C=O) groups is 1. The van der Waals surface area contributed by atoms with Gasteiger partial charge in [0.2, 0.25) is 0 Å². The van der Waals surface area contributed by atoms with E-state index in [9.17, 15) is 18.0 Å². The van der Waals surface area contributed by atoms with E-state index in [1.165, 1.54) is 25.1 Å². The third-order valence-electron chi connectivity index (χ3n) is 2.06. The lowest BCUT2D eigenvalue weighted by Crippen LogP contribution is -2.02. The fourth-order valence-electron chi connectivity index (χ4n) is 1.25. The molecular formula is C11H9F3O2. The first-order chi connectivity index (χ1) is 7.31. The fraction of sp³-hybridized carbons (Fsp3) is 0.182. The molecule has 0 spiro atoms. The van der Waals surface area contributed by atoms with Crippen LogP contribution in [0.15, 0.2) is 24.3 Å². The number of hydrogen-bond donors (Lipinski definition) is 1. The highest BCUT2D eigenvalue weighted by atomic mass is 19.4. The molecule has 0 aliphatic carbocycles. The lowest BCUT2D eigenvalue weighted by atomic mass is 10.0. The number of allylic oxidation sites excluding steroid dienone is 1. The van der Waals surface area contributed by atoms with Crippen LogP contribution in [-0.4, -0.2) is 17.3 Å². The predicted molar refractivity (Wildman–Crippen MR) is 53.2 cm³/mol. The van der Waals surface area contributed by atoms with Gasteiger partial charge in [-0.15, -0.1) is 0 Å². The molecule has 0 aliphatic heterocycles. The largest absolute Gasteiger partial charge is 0.478 e. The topological polar surface area (TPSA) is 37.3 Å². The van der Waals surface area contributed by atoms with Crippen molar-refractivity contribution in [3.05, 3.63) is 41.0 Å². The van der Waals surface area contributed by atoms with E-state index in [0.717, 1.165) is 6.08 Å². The van der Waals surface area contributed by atoms with E-state index in [1.807, 2.05) is 0 Å². The van der Waals surface area contributed by atoms with Crippen LogP contribution in [0.3, 0.4) is 0 Å². The minimum Gasteiger partial charge on any atom is -0.478 e. The molecule has 1 aromatic carbocycles. The molecule has 0 radical (unpaired) electrons. The Bertz CT molecular complexity index is 433. The van der Waals surface area contributed by atoms with E-state index < -0.39 is 12.1 Å². The second-order valence-electron chi connectivity index (χ2n) is 3.20. The summed E-state index contributed by atoms with van der Waals surface area (Å²) in [5.74, 6) is -1.15. The number of carboxylic acid groups (broad SMARTS) is 1. The van der Waals surface area contributed by atoms with Crippen molar-refractivity contribution in [2.75, 3.05) is 0 Å². The second-order valence-corrected chi connectivity index (χ2v) is 3.20. The molecule has 1 rings (SSSR count). The maximum atomic E-state index is 11.9. The van der Waals surface area contributed by atoms with Gasteiger partial charge in [0.25, 0.3) is 0 Å². The van der Waals surface area contributed by atoms with Crippen molar-refractivity contribution in [3.8, 4) is 0 Å². The van der Waals surface area contributed by atoms with Gasteiger partial charge in [0, 0.05) is 6.08 Å². The molecule has 0 atom stereocenters. The van der Waals surface area contributed by atoms with E-state index in [-0.39, 0.29) is 17.2 Å². The minimum atomic E-state index is -4.40. The average molecular weight is 230 g/mol. The molecule has 5 heteroatoms. The van der Waals surface area contributed by atoms with Crippen molar-refractivity contribution in [3.63, 3.8) is 0 Å². The fourth-order valence-corrected chi connectivity index (χ4v) is 1.25. The number of halogens is 3. The highest BCUT2D eigenvalue weighted by Gasteiger charge is 2.22. The van der Waals surface area contributed by atoms with Crippen molar-refractivity contribution < 1.29 is 23.1 Å². The van der Waals surface area contributed by atoms with Gasteiger partial charge < -0.3 is 5.11 Å². The Morgan fingerprint density at radius 1 is 1.38 bits per heavy atom. The highest BCUT2D eigenvalue weighted by molar-refractivity contribution is 5.90. The minimum absolute atomic E-state index is 0.00400. The molecule has 0 unspecified atom stereocenters. The first-order valence-corrected chi connectivity index (χ1v) is 4.40. The number of alkyl halides is 3. The van der Waals surface area contributed by atoms with Gasteiger partial charge >= 0.3 is 12.1 Å². The molecule has 0 saturated carbocycles. The van der Waals surface area contributed by atoms with Crippen LogP contribution in [0.25, 0.3) is 6.08 Å². The van der Waals surface area contributed by atoms with Crippen LogP contribution in [0.5, 0.6) is 0 Å². The number of carboxylic acids is 1. The molecular weight excluding hydrogens is 221 g/mol. The molecule has 0 aliphatic rings. The molecule has 1 aromatic rings. The Balaban J connectivity index is 3.12. The van der Waals surface area contributed by atoms with Gasteiger partial charge in [0.1, 0.15) is 0 Å². The molecule has 16 heavy (non-hydrogen) atoms. The Labute approximate surface area is 90.0 Å². The van der Waals surface area contributed by atoms with Crippen LogP contribution in [0.1, 0.15) is 21.5 Å². The van der Waals surface area contributed by atoms with Crippen molar-refractivity contribution in [1.29, 1.82) is 0 Å². The van der Waals surface area contributed by atoms with E-state index in [1.54, 1.807) is 0 Å². The molecule has 0 aromatic heterocycles. The average Bonchev–Trinajstić information content (AvgIpc) is 2.14. The quantitative estimate of drug-likeness (QED) is 0.846. The molecule has 0 heterocycles. The van der Waals surface area contributed by atoms with E-state index in [4.69, 9.17) is 5.11 Å². The first kappa shape index (κ1) is 12.3. The summed E-state index contributed by atoms with van der Waals surface area (Å²) in [4.78, 5) is 10.7. The van der Waals surface area contributed by atoms with Crippen LogP contribution >= 0.6 is 0 Å². The summed E-state index contributed by atoms with van der Waals surface area (Å²) in [7, 11) is 0. The van der Waals surface area contributed by atoms with E-state index in [2.05, 4.69) is 0 Å². The zero-order valence-corrected chi connectivity index (χ0v) is 8.38. The number of benzene rings is 1. The summed E-state index contributed by atoms with van der Waals surface area (Å²) in [6.07, 6.45) is -3.45. The maximum absolute atomic E-state index is 11.9. The van der Waals surface area contributed by atoms with Gasteiger partial charge in [-0.1, -0.05) is 12.1 Å². The Kier molecular flexibility index (Phi) is 3.37. The summed E-state index contributed by atoms with van der Waals surface area (Å²) in [5, 5.41) is 8.77. The van der Waals surface area contributed by atoms with Crippen molar-refractivity contribution in [2.45, 2.75) is 13.1 Å². The Morgan fingerprint density at radius 3 is 2.50 bits per heavy atom. The van der Waals surface area contributed by atoms with Crippen LogP contribution < -0.4 is 0 Å². The number of hydrogen-bond acceptors (Lipinski definition) is 1. The maximum Gasteiger partial charge on any atom is 0.409 e. The zero-order chi connectivity index (χ0) is 12.3. The molecule has 86 valence electrons. The van der Waals surface area contributed by atoms with Crippen LogP contribution in [-0.2, 0) is 0 Å². The van der Waals surface area contributed by atoms with Gasteiger partial charge in [-0.05, 0) is 30.2 Å². The number of aromatic carboxylic acids is 1. The molecule has 0 bridgehead atoms. The smallest absolute Gasteiger partial charge is 0.409 e. The van der Waals surface area contributed by atoms with E-state index >= 15 is 0 Å². The number of rotatable bonds is 2. The lowest BCUT2D eigenvalue weighted by Gasteiger charge is -2.05. The monoisotopic (exact) mass is 230 g/mol. The van der Waals surface area contributed by atoms with Gasteiger partial charge in [-0.2, -0.15) is 13.2 Å². The molecule has 1 N–H and O–H groups in total. The lowest BCUT2D eigenvalue weighted by molar-refractivity contribution is -0.0790.